The zero-order valence-electron chi connectivity index (χ0n) is 8.24. The van der Waals surface area contributed by atoms with Crippen LogP contribution in [0.4, 0.5) is 0 Å². The standard InChI is InChI=1S/C10H10O5/c1-4-3-6(11)8(10(14)15)5(2)7(4)9(12)13/h3,11H,1-2H3,(H,12,13)(H,14,15). The van der Waals surface area contributed by atoms with Gasteiger partial charge < -0.3 is 15.3 Å². The van der Waals surface area contributed by atoms with E-state index in [1.54, 1.807) is 0 Å². The van der Waals surface area contributed by atoms with Crippen LogP contribution in [0.15, 0.2) is 6.07 Å². The van der Waals surface area contributed by atoms with Crippen LogP contribution in [0, 0.1) is 13.8 Å². The molecule has 0 aliphatic rings. The molecule has 0 radical (unpaired) electrons. The Hall–Kier alpha value is -2.04. The molecule has 15 heavy (non-hydrogen) atoms. The Bertz CT molecular complexity index is 409. The van der Waals surface area contributed by atoms with Crippen molar-refractivity contribution in [3.63, 3.8) is 0 Å². The van der Waals surface area contributed by atoms with Gasteiger partial charge in [0.15, 0.2) is 0 Å². The van der Waals surface area contributed by atoms with Gasteiger partial charge in [-0.25, -0.2) is 9.59 Å². The predicted octanol–water partition coefficient (Wildman–Crippen LogP) is 1.41. The average Bonchev–Trinajstić information content (AvgIpc) is 1.99. The third kappa shape index (κ3) is 1.76. The molecule has 0 aliphatic carbocycles. The minimum atomic E-state index is -1.34. The Labute approximate surface area is 85.6 Å². The number of rotatable bonds is 2. The third-order valence-electron chi connectivity index (χ3n) is 2.18. The van der Waals surface area contributed by atoms with Gasteiger partial charge >= 0.3 is 11.9 Å². The van der Waals surface area contributed by atoms with E-state index in [9.17, 15) is 14.7 Å². The first-order chi connectivity index (χ1) is 6.86. The largest absolute Gasteiger partial charge is 0.507 e. The fourth-order valence-corrected chi connectivity index (χ4v) is 1.56. The molecule has 0 fully saturated rings. The summed E-state index contributed by atoms with van der Waals surface area (Å²) in [7, 11) is 0. The molecule has 0 heterocycles. The minimum Gasteiger partial charge on any atom is -0.507 e. The number of aromatic carboxylic acids is 2. The summed E-state index contributed by atoms with van der Waals surface area (Å²) in [4.78, 5) is 21.6. The number of aromatic hydroxyl groups is 1. The number of aryl methyl sites for hydroxylation is 1. The second-order valence-corrected chi connectivity index (χ2v) is 3.20. The van der Waals surface area contributed by atoms with Crippen molar-refractivity contribution in [3.8, 4) is 5.75 Å². The molecule has 1 rings (SSSR count). The Morgan fingerprint density at radius 3 is 1.93 bits per heavy atom. The summed E-state index contributed by atoms with van der Waals surface area (Å²) in [6, 6.07) is 1.14. The number of phenols is 1. The van der Waals surface area contributed by atoms with Crippen LogP contribution >= 0.6 is 0 Å². The van der Waals surface area contributed by atoms with Crippen molar-refractivity contribution in [2.24, 2.45) is 0 Å². The molecule has 0 saturated carbocycles. The van der Waals surface area contributed by atoms with Gasteiger partial charge in [0.05, 0.1) is 5.56 Å². The summed E-state index contributed by atoms with van der Waals surface area (Å²) in [6.07, 6.45) is 0. The van der Waals surface area contributed by atoms with E-state index in [-0.39, 0.29) is 16.7 Å². The van der Waals surface area contributed by atoms with Crippen molar-refractivity contribution >= 4 is 11.9 Å². The van der Waals surface area contributed by atoms with E-state index in [0.29, 0.717) is 5.56 Å². The van der Waals surface area contributed by atoms with E-state index in [0.717, 1.165) is 6.07 Å². The summed E-state index contributed by atoms with van der Waals surface area (Å²) >= 11 is 0. The SMILES string of the molecule is Cc1cc(O)c(C(=O)O)c(C)c1C(=O)O. The van der Waals surface area contributed by atoms with Gasteiger partial charge in [-0.3, -0.25) is 0 Å². The van der Waals surface area contributed by atoms with E-state index in [2.05, 4.69) is 0 Å². The smallest absolute Gasteiger partial charge is 0.339 e. The Balaban J connectivity index is 3.64. The molecule has 5 heteroatoms. The molecule has 0 bridgehead atoms. The highest BCUT2D eigenvalue weighted by Gasteiger charge is 2.21. The van der Waals surface area contributed by atoms with Crippen LogP contribution < -0.4 is 0 Å². The summed E-state index contributed by atoms with van der Waals surface area (Å²) in [5.74, 6) is -2.96. The summed E-state index contributed by atoms with van der Waals surface area (Å²) in [5, 5.41) is 27.0. The van der Waals surface area contributed by atoms with Gasteiger partial charge in [-0.2, -0.15) is 0 Å². The summed E-state index contributed by atoms with van der Waals surface area (Å²) < 4.78 is 0. The first-order valence-electron chi connectivity index (χ1n) is 4.16. The number of hydrogen-bond acceptors (Lipinski definition) is 3. The van der Waals surface area contributed by atoms with Gasteiger partial charge in [0.25, 0.3) is 0 Å². The second-order valence-electron chi connectivity index (χ2n) is 3.20. The zero-order valence-corrected chi connectivity index (χ0v) is 8.24. The van der Waals surface area contributed by atoms with Crippen molar-refractivity contribution in [1.82, 2.24) is 0 Å². The molecule has 0 aromatic heterocycles. The fourth-order valence-electron chi connectivity index (χ4n) is 1.56. The van der Waals surface area contributed by atoms with E-state index in [1.165, 1.54) is 13.8 Å². The number of hydrogen-bond donors (Lipinski definition) is 3. The van der Waals surface area contributed by atoms with Gasteiger partial charge in [-0.05, 0) is 31.0 Å². The Kier molecular flexibility index (Phi) is 2.65. The van der Waals surface area contributed by atoms with Crippen LogP contribution in [0.3, 0.4) is 0 Å². The maximum atomic E-state index is 10.9. The number of carbonyl (C=O) groups is 2. The highest BCUT2D eigenvalue weighted by atomic mass is 16.4. The monoisotopic (exact) mass is 210 g/mol. The molecule has 1 aromatic rings. The van der Waals surface area contributed by atoms with Crippen molar-refractivity contribution in [3.05, 3.63) is 28.3 Å². The average molecular weight is 210 g/mol. The van der Waals surface area contributed by atoms with Crippen LogP contribution in [0.1, 0.15) is 31.8 Å². The number of carboxylic acids is 2. The fraction of sp³-hybridized carbons (Fsp3) is 0.200. The Morgan fingerprint density at radius 2 is 1.53 bits per heavy atom. The summed E-state index contributed by atoms with van der Waals surface area (Å²) in [6.45, 7) is 2.86. The first kappa shape index (κ1) is 11.0. The van der Waals surface area contributed by atoms with Crippen molar-refractivity contribution in [2.45, 2.75) is 13.8 Å². The lowest BCUT2D eigenvalue weighted by Crippen LogP contribution is -2.09. The van der Waals surface area contributed by atoms with Crippen molar-refractivity contribution in [2.75, 3.05) is 0 Å². The molecule has 0 aliphatic heterocycles. The highest BCUT2D eigenvalue weighted by molar-refractivity contribution is 5.99. The molecule has 0 unspecified atom stereocenters. The molecule has 80 valence electrons. The lowest BCUT2D eigenvalue weighted by atomic mass is 9.97. The number of benzene rings is 1. The molecule has 0 amide bonds. The van der Waals surface area contributed by atoms with Gasteiger partial charge in [0, 0.05) is 0 Å². The minimum absolute atomic E-state index is 0.0625. The van der Waals surface area contributed by atoms with Gasteiger partial charge in [-0.15, -0.1) is 0 Å². The lowest BCUT2D eigenvalue weighted by molar-refractivity contribution is 0.0693. The predicted molar refractivity (Wildman–Crippen MR) is 51.5 cm³/mol. The zero-order chi connectivity index (χ0) is 11.7. The van der Waals surface area contributed by atoms with Crippen molar-refractivity contribution in [1.29, 1.82) is 0 Å². The molecule has 3 N–H and O–H groups in total. The van der Waals surface area contributed by atoms with Gasteiger partial charge in [0.2, 0.25) is 0 Å². The highest BCUT2D eigenvalue weighted by Crippen LogP contribution is 2.27. The van der Waals surface area contributed by atoms with E-state index in [4.69, 9.17) is 10.2 Å². The molecule has 0 saturated heterocycles. The lowest BCUT2D eigenvalue weighted by Gasteiger charge is -2.10. The topological polar surface area (TPSA) is 94.8 Å². The Morgan fingerprint density at radius 1 is 1.07 bits per heavy atom. The van der Waals surface area contributed by atoms with Gasteiger partial charge in [0.1, 0.15) is 11.3 Å². The van der Waals surface area contributed by atoms with E-state index < -0.39 is 17.7 Å². The van der Waals surface area contributed by atoms with E-state index >= 15 is 0 Å². The molecular weight excluding hydrogens is 200 g/mol. The maximum absolute atomic E-state index is 10.9. The number of carboxylic acid groups (broad SMARTS) is 2. The van der Waals surface area contributed by atoms with Gasteiger partial charge in [-0.1, -0.05) is 0 Å². The maximum Gasteiger partial charge on any atom is 0.339 e. The van der Waals surface area contributed by atoms with Crippen LogP contribution in [0.5, 0.6) is 5.75 Å². The first-order valence-corrected chi connectivity index (χ1v) is 4.16. The molecule has 5 nitrogen and oxygen atoms in total. The molecular formula is C10H10O5. The molecule has 0 atom stereocenters. The summed E-state index contributed by atoms with van der Waals surface area (Å²) in [5.41, 5.74) is -0.0433. The van der Waals surface area contributed by atoms with Crippen molar-refractivity contribution < 1.29 is 24.9 Å². The molecule has 1 aromatic carbocycles. The van der Waals surface area contributed by atoms with Crippen LogP contribution in [-0.2, 0) is 0 Å². The quantitative estimate of drug-likeness (QED) is 0.685. The second kappa shape index (κ2) is 3.61. The van der Waals surface area contributed by atoms with Crippen LogP contribution in [0.2, 0.25) is 0 Å². The third-order valence-corrected chi connectivity index (χ3v) is 2.18. The normalized spacial score (nSPS) is 10.0. The van der Waals surface area contributed by atoms with Crippen LogP contribution in [0.25, 0.3) is 0 Å². The van der Waals surface area contributed by atoms with E-state index in [1.807, 2.05) is 0 Å². The van der Waals surface area contributed by atoms with Crippen LogP contribution in [-0.4, -0.2) is 27.3 Å². The molecule has 0 spiro atoms.